The molecule has 116 valence electrons. The van der Waals surface area contributed by atoms with Crippen LogP contribution >= 0.6 is 0 Å². The van der Waals surface area contributed by atoms with Crippen LogP contribution in [0.5, 0.6) is 0 Å². The summed E-state index contributed by atoms with van der Waals surface area (Å²) in [5.74, 6) is -0.917. The molecule has 1 aliphatic heterocycles. The van der Waals surface area contributed by atoms with Crippen LogP contribution in [-0.2, 0) is 6.42 Å². The number of H-pyrrole nitrogens is 1. The Morgan fingerprint density at radius 2 is 1.87 bits per heavy atom. The molecule has 4 heteroatoms. The molecule has 0 amide bonds. The van der Waals surface area contributed by atoms with Gasteiger partial charge in [0.1, 0.15) is 5.69 Å². The van der Waals surface area contributed by atoms with Crippen LogP contribution in [0.2, 0.25) is 0 Å². The lowest BCUT2D eigenvalue weighted by atomic mass is 9.92. The summed E-state index contributed by atoms with van der Waals surface area (Å²) in [7, 11) is 0. The molecule has 4 nitrogen and oxygen atoms in total. The van der Waals surface area contributed by atoms with E-state index in [0.717, 1.165) is 35.9 Å². The standard InChI is InChI=1S/C19H18N2O2/c22-19(23)18-16(14-9-3-4-10-15(14)21-18)17-13-8-2-1-6-12(13)7-5-11-20-17/h1-4,6,8-10,17,20-21H,5,7,11H2,(H,22,23). The van der Waals surface area contributed by atoms with Crippen LogP contribution in [0, 0.1) is 0 Å². The summed E-state index contributed by atoms with van der Waals surface area (Å²) in [4.78, 5) is 14.8. The van der Waals surface area contributed by atoms with Crippen LogP contribution in [0.3, 0.4) is 0 Å². The molecule has 0 fully saturated rings. The second-order valence-corrected chi connectivity index (χ2v) is 5.95. The molecular weight excluding hydrogens is 288 g/mol. The van der Waals surface area contributed by atoms with Crippen molar-refractivity contribution in [2.75, 3.05) is 6.54 Å². The number of carboxylic acids is 1. The fraction of sp³-hybridized carbons (Fsp3) is 0.211. The van der Waals surface area contributed by atoms with Gasteiger partial charge in [0.2, 0.25) is 0 Å². The Kier molecular flexibility index (Phi) is 3.39. The first-order valence-corrected chi connectivity index (χ1v) is 7.91. The second-order valence-electron chi connectivity index (χ2n) is 5.95. The van der Waals surface area contributed by atoms with E-state index in [1.165, 1.54) is 11.1 Å². The van der Waals surface area contributed by atoms with E-state index in [4.69, 9.17) is 0 Å². The van der Waals surface area contributed by atoms with Crippen LogP contribution in [-0.4, -0.2) is 22.6 Å². The van der Waals surface area contributed by atoms with Gasteiger partial charge in [0, 0.05) is 16.5 Å². The number of benzene rings is 2. The lowest BCUT2D eigenvalue weighted by Crippen LogP contribution is -2.23. The number of aromatic carboxylic acids is 1. The molecule has 2 heterocycles. The van der Waals surface area contributed by atoms with Gasteiger partial charge in [-0.1, -0.05) is 42.5 Å². The fourth-order valence-electron chi connectivity index (χ4n) is 3.57. The normalized spacial score (nSPS) is 17.7. The topological polar surface area (TPSA) is 65.1 Å². The van der Waals surface area contributed by atoms with E-state index < -0.39 is 5.97 Å². The Morgan fingerprint density at radius 3 is 2.74 bits per heavy atom. The molecule has 0 radical (unpaired) electrons. The molecule has 1 unspecified atom stereocenters. The van der Waals surface area contributed by atoms with Crippen molar-refractivity contribution in [3.63, 3.8) is 0 Å². The van der Waals surface area contributed by atoms with Crippen molar-refractivity contribution < 1.29 is 9.90 Å². The molecule has 3 N–H and O–H groups in total. The summed E-state index contributed by atoms with van der Waals surface area (Å²) >= 11 is 0. The number of aryl methyl sites for hydroxylation is 1. The lowest BCUT2D eigenvalue weighted by Gasteiger charge is -2.19. The van der Waals surface area contributed by atoms with Gasteiger partial charge in [-0.2, -0.15) is 0 Å². The van der Waals surface area contributed by atoms with Gasteiger partial charge in [0.15, 0.2) is 0 Å². The Labute approximate surface area is 134 Å². The van der Waals surface area contributed by atoms with Crippen molar-refractivity contribution in [1.29, 1.82) is 0 Å². The minimum Gasteiger partial charge on any atom is -0.477 e. The van der Waals surface area contributed by atoms with Crippen molar-refractivity contribution >= 4 is 16.9 Å². The van der Waals surface area contributed by atoms with E-state index in [-0.39, 0.29) is 11.7 Å². The van der Waals surface area contributed by atoms with Crippen molar-refractivity contribution in [3.8, 4) is 0 Å². The zero-order valence-corrected chi connectivity index (χ0v) is 12.7. The predicted molar refractivity (Wildman–Crippen MR) is 89.9 cm³/mol. The van der Waals surface area contributed by atoms with Crippen molar-refractivity contribution in [1.82, 2.24) is 10.3 Å². The number of aromatic amines is 1. The number of para-hydroxylation sites is 1. The molecule has 1 atom stereocenters. The van der Waals surface area contributed by atoms with Gasteiger partial charge in [0.25, 0.3) is 0 Å². The summed E-state index contributed by atoms with van der Waals surface area (Å²) in [6.45, 7) is 0.873. The summed E-state index contributed by atoms with van der Waals surface area (Å²) in [6, 6.07) is 16.0. The zero-order chi connectivity index (χ0) is 15.8. The Bertz CT molecular complexity index is 882. The SMILES string of the molecule is O=C(O)c1[nH]c2ccccc2c1C1NCCCc2ccccc21. The highest BCUT2D eigenvalue weighted by Crippen LogP contribution is 2.35. The van der Waals surface area contributed by atoms with E-state index in [0.29, 0.717) is 0 Å². The van der Waals surface area contributed by atoms with Gasteiger partial charge in [-0.25, -0.2) is 4.79 Å². The maximum absolute atomic E-state index is 11.8. The Hall–Kier alpha value is -2.59. The third-order valence-corrected chi connectivity index (χ3v) is 4.59. The minimum absolute atomic E-state index is 0.101. The highest BCUT2D eigenvalue weighted by molar-refractivity contribution is 5.98. The number of nitrogens with one attached hydrogen (secondary N) is 2. The third-order valence-electron chi connectivity index (χ3n) is 4.59. The zero-order valence-electron chi connectivity index (χ0n) is 12.7. The van der Waals surface area contributed by atoms with Gasteiger partial charge in [-0.3, -0.25) is 0 Å². The van der Waals surface area contributed by atoms with Gasteiger partial charge in [-0.05, 0) is 36.6 Å². The average Bonchev–Trinajstić information content (AvgIpc) is 2.83. The summed E-state index contributed by atoms with van der Waals surface area (Å²) in [6.07, 6.45) is 2.07. The van der Waals surface area contributed by atoms with Crippen LogP contribution < -0.4 is 5.32 Å². The highest BCUT2D eigenvalue weighted by atomic mass is 16.4. The van der Waals surface area contributed by atoms with E-state index in [2.05, 4.69) is 28.5 Å². The smallest absolute Gasteiger partial charge is 0.352 e. The number of fused-ring (bicyclic) bond motifs is 2. The van der Waals surface area contributed by atoms with E-state index in [1.54, 1.807) is 0 Å². The van der Waals surface area contributed by atoms with E-state index in [9.17, 15) is 9.90 Å². The van der Waals surface area contributed by atoms with Gasteiger partial charge in [-0.15, -0.1) is 0 Å². The van der Waals surface area contributed by atoms with Gasteiger partial charge < -0.3 is 15.4 Å². The Morgan fingerprint density at radius 1 is 1.09 bits per heavy atom. The highest BCUT2D eigenvalue weighted by Gasteiger charge is 2.27. The molecule has 3 aromatic rings. The monoisotopic (exact) mass is 306 g/mol. The summed E-state index contributed by atoms with van der Waals surface area (Å²) < 4.78 is 0. The molecule has 0 bridgehead atoms. The first-order valence-electron chi connectivity index (χ1n) is 7.91. The Balaban J connectivity index is 1.98. The molecule has 4 rings (SSSR count). The van der Waals surface area contributed by atoms with E-state index in [1.807, 2.05) is 30.3 Å². The molecule has 2 aromatic carbocycles. The first-order chi connectivity index (χ1) is 11.3. The van der Waals surface area contributed by atoms with Crippen molar-refractivity contribution in [2.45, 2.75) is 18.9 Å². The number of hydrogen-bond donors (Lipinski definition) is 3. The molecular formula is C19H18N2O2. The van der Waals surface area contributed by atoms with Crippen molar-refractivity contribution in [2.24, 2.45) is 0 Å². The first kappa shape index (κ1) is 14.0. The maximum Gasteiger partial charge on any atom is 0.352 e. The summed E-state index contributed by atoms with van der Waals surface area (Å²) in [5, 5.41) is 14.2. The minimum atomic E-state index is -0.917. The summed E-state index contributed by atoms with van der Waals surface area (Å²) in [5.41, 5.74) is 4.45. The second kappa shape index (κ2) is 5.56. The van der Waals surface area contributed by atoms with Crippen LogP contribution in [0.4, 0.5) is 0 Å². The van der Waals surface area contributed by atoms with Crippen molar-refractivity contribution in [3.05, 3.63) is 70.9 Å². The van der Waals surface area contributed by atoms with Crippen LogP contribution in [0.25, 0.3) is 10.9 Å². The molecule has 0 aliphatic carbocycles. The van der Waals surface area contributed by atoms with E-state index >= 15 is 0 Å². The number of carboxylic acid groups (broad SMARTS) is 1. The van der Waals surface area contributed by atoms with Gasteiger partial charge in [0.05, 0.1) is 6.04 Å². The number of rotatable bonds is 2. The van der Waals surface area contributed by atoms with Crippen LogP contribution in [0.15, 0.2) is 48.5 Å². The molecule has 1 aromatic heterocycles. The predicted octanol–water partition coefficient (Wildman–Crippen LogP) is 3.49. The molecule has 1 aliphatic rings. The third kappa shape index (κ3) is 2.32. The largest absolute Gasteiger partial charge is 0.477 e. The number of carbonyl (C=O) groups is 1. The average molecular weight is 306 g/mol. The number of aromatic nitrogens is 1. The maximum atomic E-state index is 11.8. The molecule has 0 spiro atoms. The molecule has 0 saturated heterocycles. The van der Waals surface area contributed by atoms with Gasteiger partial charge >= 0.3 is 5.97 Å². The quantitative estimate of drug-likeness (QED) is 0.679. The lowest BCUT2D eigenvalue weighted by molar-refractivity contribution is 0.0690. The van der Waals surface area contributed by atoms with Crippen LogP contribution in [0.1, 0.15) is 39.6 Å². The molecule has 0 saturated carbocycles. The fourth-order valence-corrected chi connectivity index (χ4v) is 3.57. The molecule has 23 heavy (non-hydrogen) atoms. The number of hydrogen-bond acceptors (Lipinski definition) is 2.